The maximum Gasteiger partial charge on any atom is 0.123 e. The first-order valence-corrected chi connectivity index (χ1v) is 6.73. The van der Waals surface area contributed by atoms with Crippen LogP contribution in [-0.2, 0) is 0 Å². The van der Waals surface area contributed by atoms with Gasteiger partial charge in [-0.15, -0.1) is 0 Å². The summed E-state index contributed by atoms with van der Waals surface area (Å²) in [5.74, 6) is -0.253. The van der Waals surface area contributed by atoms with Crippen LogP contribution in [0.4, 0.5) is 4.39 Å². The molecule has 0 aliphatic carbocycles. The van der Waals surface area contributed by atoms with Crippen molar-refractivity contribution in [3.8, 4) is 16.9 Å². The minimum atomic E-state index is -0.253. The summed E-state index contributed by atoms with van der Waals surface area (Å²) >= 11 is 0. The quantitative estimate of drug-likeness (QED) is 0.683. The first-order chi connectivity index (χ1) is 10.2. The van der Waals surface area contributed by atoms with Crippen LogP contribution >= 0.6 is 0 Å². The third kappa shape index (κ3) is 2.50. The van der Waals surface area contributed by atoms with E-state index in [2.05, 4.69) is 11.7 Å². The van der Waals surface area contributed by atoms with Gasteiger partial charge in [-0.05, 0) is 42.8 Å². The highest BCUT2D eigenvalue weighted by Gasteiger charge is 2.11. The summed E-state index contributed by atoms with van der Waals surface area (Å²) in [5.41, 5.74) is 4.76. The zero-order valence-electron chi connectivity index (χ0n) is 11.8. The van der Waals surface area contributed by atoms with Crippen LogP contribution in [0.1, 0.15) is 11.1 Å². The highest BCUT2D eigenvalue weighted by atomic mass is 19.1. The molecule has 2 nitrogen and oxygen atoms in total. The maximum absolute atomic E-state index is 13.1. The molecule has 104 valence electrons. The van der Waals surface area contributed by atoms with Crippen molar-refractivity contribution in [2.45, 2.75) is 6.92 Å². The molecule has 0 aliphatic rings. The van der Waals surface area contributed by atoms with Gasteiger partial charge in [-0.1, -0.05) is 30.9 Å². The molecule has 0 unspecified atom stereocenters. The zero-order valence-corrected chi connectivity index (χ0v) is 11.8. The Morgan fingerprint density at radius 2 is 1.81 bits per heavy atom. The number of benzene rings is 2. The van der Waals surface area contributed by atoms with Crippen LogP contribution in [0.3, 0.4) is 0 Å². The van der Waals surface area contributed by atoms with Crippen LogP contribution in [0.25, 0.3) is 23.0 Å². The van der Waals surface area contributed by atoms with E-state index in [0.717, 1.165) is 28.1 Å². The first-order valence-electron chi connectivity index (χ1n) is 6.73. The number of aryl methyl sites for hydroxylation is 1. The predicted molar refractivity (Wildman–Crippen MR) is 83.8 cm³/mol. The van der Waals surface area contributed by atoms with Gasteiger partial charge >= 0.3 is 0 Å². The molecule has 1 heterocycles. The van der Waals surface area contributed by atoms with E-state index in [1.165, 1.54) is 12.1 Å². The van der Waals surface area contributed by atoms with E-state index in [-0.39, 0.29) is 5.82 Å². The van der Waals surface area contributed by atoms with Gasteiger partial charge in [0.1, 0.15) is 5.82 Å². The van der Waals surface area contributed by atoms with Crippen molar-refractivity contribution in [3.05, 3.63) is 78.3 Å². The summed E-state index contributed by atoms with van der Waals surface area (Å²) < 4.78 is 14.9. The Labute approximate surface area is 123 Å². The molecule has 0 aliphatic heterocycles. The summed E-state index contributed by atoms with van der Waals surface area (Å²) in [6, 6.07) is 14.4. The van der Waals surface area contributed by atoms with Crippen molar-refractivity contribution in [2.75, 3.05) is 0 Å². The van der Waals surface area contributed by atoms with Crippen LogP contribution in [0.15, 0.2) is 61.3 Å². The normalized spacial score (nSPS) is 10.6. The van der Waals surface area contributed by atoms with Gasteiger partial charge in [-0.2, -0.15) is 5.10 Å². The topological polar surface area (TPSA) is 17.8 Å². The van der Waals surface area contributed by atoms with E-state index in [1.807, 2.05) is 42.1 Å². The summed E-state index contributed by atoms with van der Waals surface area (Å²) in [6.45, 7) is 5.88. The first kappa shape index (κ1) is 13.3. The molecule has 0 saturated carbocycles. The number of halogens is 1. The van der Waals surface area contributed by atoms with Crippen LogP contribution in [0.5, 0.6) is 0 Å². The van der Waals surface area contributed by atoms with Crippen molar-refractivity contribution < 1.29 is 4.39 Å². The monoisotopic (exact) mass is 278 g/mol. The minimum absolute atomic E-state index is 0.253. The third-order valence-electron chi connectivity index (χ3n) is 3.44. The van der Waals surface area contributed by atoms with Crippen molar-refractivity contribution in [1.82, 2.24) is 9.78 Å². The number of hydrogen-bond acceptors (Lipinski definition) is 1. The van der Waals surface area contributed by atoms with Crippen LogP contribution in [0.2, 0.25) is 0 Å². The molecular formula is C18H15FN2. The second-order valence-corrected chi connectivity index (χ2v) is 4.88. The second-order valence-electron chi connectivity index (χ2n) is 4.88. The van der Waals surface area contributed by atoms with Crippen LogP contribution in [0, 0.1) is 12.7 Å². The van der Waals surface area contributed by atoms with Crippen LogP contribution < -0.4 is 0 Å². The molecule has 0 spiro atoms. The lowest BCUT2D eigenvalue weighted by Crippen LogP contribution is -1.97. The lowest BCUT2D eigenvalue weighted by atomic mass is 10.1. The van der Waals surface area contributed by atoms with E-state index in [9.17, 15) is 4.39 Å². The molecule has 1 aromatic heterocycles. The number of nitrogens with zero attached hydrogens (tertiary/aromatic N) is 2. The van der Waals surface area contributed by atoms with E-state index in [4.69, 9.17) is 0 Å². The zero-order chi connectivity index (χ0) is 14.8. The number of aromatic nitrogens is 2. The molecule has 3 aromatic rings. The minimum Gasteiger partial charge on any atom is -0.239 e. The highest BCUT2D eigenvalue weighted by Crippen LogP contribution is 2.25. The van der Waals surface area contributed by atoms with Gasteiger partial charge in [-0.25, -0.2) is 9.07 Å². The fraction of sp³-hybridized carbons (Fsp3) is 0.0556. The van der Waals surface area contributed by atoms with Gasteiger partial charge < -0.3 is 0 Å². The van der Waals surface area contributed by atoms with Crippen LogP contribution in [-0.4, -0.2) is 9.78 Å². The molecule has 3 heteroatoms. The van der Waals surface area contributed by atoms with Gasteiger partial charge in [0.2, 0.25) is 0 Å². The maximum atomic E-state index is 13.1. The lowest BCUT2D eigenvalue weighted by molar-refractivity contribution is 0.628. The number of rotatable bonds is 3. The lowest BCUT2D eigenvalue weighted by Gasteiger charge is -2.04. The standard InChI is InChI=1S/C18H15FN2/c1-3-14-12-21(17-7-5-4-6-13(17)2)20-18(14)15-8-10-16(19)11-9-15/h3-12H,1H2,2H3. The smallest absolute Gasteiger partial charge is 0.123 e. The summed E-state index contributed by atoms with van der Waals surface area (Å²) in [6.07, 6.45) is 3.70. The Hall–Kier alpha value is -2.68. The fourth-order valence-electron chi connectivity index (χ4n) is 2.31. The van der Waals surface area contributed by atoms with Crippen molar-refractivity contribution in [2.24, 2.45) is 0 Å². The van der Waals surface area contributed by atoms with Crippen molar-refractivity contribution >= 4 is 6.08 Å². The Morgan fingerprint density at radius 1 is 1.10 bits per heavy atom. The van der Waals surface area contributed by atoms with Gasteiger partial charge in [-0.3, -0.25) is 0 Å². The van der Waals surface area contributed by atoms with Gasteiger partial charge in [0.05, 0.1) is 11.4 Å². The summed E-state index contributed by atoms with van der Waals surface area (Å²) in [7, 11) is 0. The average molecular weight is 278 g/mol. The largest absolute Gasteiger partial charge is 0.239 e. The molecule has 0 fully saturated rings. The van der Waals surface area contributed by atoms with E-state index >= 15 is 0 Å². The molecule has 0 saturated heterocycles. The SMILES string of the molecule is C=Cc1cn(-c2ccccc2C)nc1-c1ccc(F)cc1. The fourth-order valence-corrected chi connectivity index (χ4v) is 2.31. The third-order valence-corrected chi connectivity index (χ3v) is 3.44. The molecule has 21 heavy (non-hydrogen) atoms. The molecule has 0 amide bonds. The Bertz CT molecular complexity index is 785. The molecule has 2 aromatic carbocycles. The molecule has 0 N–H and O–H groups in total. The van der Waals surface area contributed by atoms with Gasteiger partial charge in [0.25, 0.3) is 0 Å². The summed E-state index contributed by atoms with van der Waals surface area (Å²) in [4.78, 5) is 0. The van der Waals surface area contributed by atoms with E-state index in [1.54, 1.807) is 18.2 Å². The Kier molecular flexibility index (Phi) is 3.40. The van der Waals surface area contributed by atoms with E-state index in [0.29, 0.717) is 0 Å². The number of hydrogen-bond donors (Lipinski definition) is 0. The second kappa shape index (κ2) is 5.37. The highest BCUT2D eigenvalue weighted by molar-refractivity contribution is 5.71. The van der Waals surface area contributed by atoms with Crippen molar-refractivity contribution in [3.63, 3.8) is 0 Å². The van der Waals surface area contributed by atoms with E-state index < -0.39 is 0 Å². The molecule has 0 atom stereocenters. The molecule has 3 rings (SSSR count). The van der Waals surface area contributed by atoms with Gasteiger partial charge in [0.15, 0.2) is 0 Å². The average Bonchev–Trinajstić information content (AvgIpc) is 2.92. The summed E-state index contributed by atoms with van der Waals surface area (Å²) in [5, 5.41) is 4.63. The van der Waals surface area contributed by atoms with Gasteiger partial charge in [0, 0.05) is 17.3 Å². The molecule has 0 radical (unpaired) electrons. The Balaban J connectivity index is 2.13. The molecule has 0 bridgehead atoms. The predicted octanol–water partition coefficient (Wildman–Crippen LogP) is 4.63. The number of para-hydroxylation sites is 1. The van der Waals surface area contributed by atoms with Crippen molar-refractivity contribution in [1.29, 1.82) is 0 Å². The molecular weight excluding hydrogens is 263 g/mol. The Morgan fingerprint density at radius 3 is 2.48 bits per heavy atom.